The molecule has 0 aliphatic heterocycles. The van der Waals surface area contributed by atoms with E-state index in [4.69, 9.17) is 16.3 Å². The minimum Gasteiger partial charge on any atom is -0.484 e. The molecule has 8 nitrogen and oxygen atoms in total. The molecule has 0 bridgehead atoms. The van der Waals surface area contributed by atoms with Crippen LogP contribution in [-0.2, 0) is 11.8 Å². The lowest BCUT2D eigenvalue weighted by Crippen LogP contribution is -2.46. The Kier molecular flexibility index (Phi) is 6.26. The van der Waals surface area contributed by atoms with E-state index in [1.807, 2.05) is 19.1 Å². The number of halogens is 3. The molecule has 0 fully saturated rings. The number of aromatic nitrogens is 5. The molecular formula is C23H23ClF2N6O2. The molecule has 0 spiro atoms. The molecule has 1 N–H and O–H groups in total. The van der Waals surface area contributed by atoms with Crippen molar-refractivity contribution in [2.75, 3.05) is 0 Å². The number of alkyl halides is 2. The Balaban J connectivity index is 1.67. The van der Waals surface area contributed by atoms with Crippen molar-refractivity contribution in [3.63, 3.8) is 0 Å². The van der Waals surface area contributed by atoms with Gasteiger partial charge in [-0.25, -0.2) is 4.68 Å². The number of fused-ring (bicyclic) bond motifs is 1. The van der Waals surface area contributed by atoms with Gasteiger partial charge >= 0.3 is 5.92 Å². The van der Waals surface area contributed by atoms with Gasteiger partial charge in [0.05, 0.1) is 24.0 Å². The quantitative estimate of drug-likeness (QED) is 0.417. The normalized spacial score (nSPS) is 13.6. The van der Waals surface area contributed by atoms with Gasteiger partial charge in [-0.1, -0.05) is 22.9 Å². The van der Waals surface area contributed by atoms with Gasteiger partial charge in [0.1, 0.15) is 11.9 Å². The van der Waals surface area contributed by atoms with Gasteiger partial charge in [0.2, 0.25) is 0 Å². The van der Waals surface area contributed by atoms with Crippen LogP contribution in [0.4, 0.5) is 8.78 Å². The van der Waals surface area contributed by atoms with Crippen molar-refractivity contribution >= 4 is 28.4 Å². The number of aryl methyl sites for hydroxylation is 2. The van der Waals surface area contributed by atoms with Crippen LogP contribution in [0.15, 0.2) is 48.8 Å². The summed E-state index contributed by atoms with van der Waals surface area (Å²) in [5, 5.41) is 16.0. The smallest absolute Gasteiger partial charge is 0.321 e. The molecule has 4 rings (SSSR count). The van der Waals surface area contributed by atoms with Crippen molar-refractivity contribution in [1.82, 2.24) is 30.1 Å². The van der Waals surface area contributed by atoms with Crippen LogP contribution in [0.2, 0.25) is 5.02 Å². The summed E-state index contributed by atoms with van der Waals surface area (Å²) in [5.74, 6) is -3.86. The van der Waals surface area contributed by atoms with E-state index < -0.39 is 24.0 Å². The SMILES string of the molecule is Cc1cc(Cl)cc([C@@H](Oc2ccc3c(cnn3-c3cn(C)nn3)c2)[C@H](C)NC(=O)C(C)(F)F)c1. The van der Waals surface area contributed by atoms with Crippen LogP contribution >= 0.6 is 11.6 Å². The van der Waals surface area contributed by atoms with Crippen molar-refractivity contribution < 1.29 is 18.3 Å². The monoisotopic (exact) mass is 488 g/mol. The van der Waals surface area contributed by atoms with Crippen LogP contribution in [-0.4, -0.2) is 42.6 Å². The number of amides is 1. The van der Waals surface area contributed by atoms with E-state index in [-0.39, 0.29) is 0 Å². The van der Waals surface area contributed by atoms with Crippen molar-refractivity contribution in [2.24, 2.45) is 7.05 Å². The highest BCUT2D eigenvalue weighted by Crippen LogP contribution is 2.31. The van der Waals surface area contributed by atoms with Gasteiger partial charge in [-0.05, 0) is 55.3 Å². The second kappa shape index (κ2) is 9.02. The zero-order valence-corrected chi connectivity index (χ0v) is 19.7. The van der Waals surface area contributed by atoms with Gasteiger partial charge in [-0.3, -0.25) is 9.48 Å². The van der Waals surface area contributed by atoms with Crippen LogP contribution in [0.3, 0.4) is 0 Å². The zero-order chi connectivity index (χ0) is 24.6. The minimum absolute atomic E-state index is 0.471. The van der Waals surface area contributed by atoms with Crippen LogP contribution in [0, 0.1) is 6.92 Å². The molecule has 34 heavy (non-hydrogen) atoms. The molecule has 2 heterocycles. The van der Waals surface area contributed by atoms with Crippen LogP contribution in [0.5, 0.6) is 5.75 Å². The van der Waals surface area contributed by atoms with Crippen molar-refractivity contribution in [2.45, 2.75) is 38.8 Å². The predicted octanol–water partition coefficient (Wildman–Crippen LogP) is 4.40. The van der Waals surface area contributed by atoms with E-state index in [2.05, 4.69) is 20.7 Å². The maximum atomic E-state index is 13.5. The lowest BCUT2D eigenvalue weighted by Gasteiger charge is -2.28. The van der Waals surface area contributed by atoms with Crippen molar-refractivity contribution in [3.05, 3.63) is 64.9 Å². The number of rotatable bonds is 7. The first-order valence-electron chi connectivity index (χ1n) is 10.5. The molecule has 2 aromatic heterocycles. The molecule has 0 radical (unpaired) electrons. The summed E-state index contributed by atoms with van der Waals surface area (Å²) in [6, 6.07) is 9.86. The third-order valence-corrected chi connectivity index (χ3v) is 5.43. The van der Waals surface area contributed by atoms with E-state index in [9.17, 15) is 13.6 Å². The van der Waals surface area contributed by atoms with Gasteiger partial charge in [-0.2, -0.15) is 13.9 Å². The first-order chi connectivity index (χ1) is 16.0. The Morgan fingerprint density at radius 3 is 2.65 bits per heavy atom. The second-order valence-corrected chi connectivity index (χ2v) is 8.71. The Bertz CT molecular complexity index is 1330. The molecule has 0 aliphatic rings. The molecule has 178 valence electrons. The number of carbonyl (C=O) groups excluding carboxylic acids is 1. The van der Waals surface area contributed by atoms with E-state index in [0.29, 0.717) is 29.1 Å². The summed E-state index contributed by atoms with van der Waals surface area (Å²) in [6.45, 7) is 4.02. The lowest BCUT2D eigenvalue weighted by atomic mass is 10.0. The summed E-state index contributed by atoms with van der Waals surface area (Å²) in [4.78, 5) is 11.9. The Labute approximate surface area is 199 Å². The Morgan fingerprint density at radius 2 is 2.00 bits per heavy atom. The fraction of sp³-hybridized carbons (Fsp3) is 0.304. The minimum atomic E-state index is -3.52. The molecule has 4 aromatic rings. The van der Waals surface area contributed by atoms with Gasteiger partial charge in [0.25, 0.3) is 5.91 Å². The largest absolute Gasteiger partial charge is 0.484 e. The number of carbonyl (C=O) groups is 1. The molecule has 0 unspecified atom stereocenters. The summed E-state index contributed by atoms with van der Waals surface area (Å²) in [5.41, 5.74) is 2.30. The Morgan fingerprint density at radius 1 is 1.24 bits per heavy atom. The fourth-order valence-electron chi connectivity index (χ4n) is 3.64. The summed E-state index contributed by atoms with van der Waals surface area (Å²) in [7, 11) is 1.76. The van der Waals surface area contributed by atoms with Crippen molar-refractivity contribution in [3.8, 4) is 11.6 Å². The maximum Gasteiger partial charge on any atom is 0.321 e. The highest BCUT2D eigenvalue weighted by Gasteiger charge is 2.35. The molecule has 2 atom stereocenters. The summed E-state index contributed by atoms with van der Waals surface area (Å²) < 4.78 is 36.5. The molecule has 11 heteroatoms. The van der Waals surface area contributed by atoms with E-state index >= 15 is 0 Å². The molecule has 0 saturated heterocycles. The van der Waals surface area contributed by atoms with Crippen LogP contribution in [0.1, 0.15) is 31.1 Å². The van der Waals surface area contributed by atoms with Gasteiger partial charge in [0, 0.05) is 24.4 Å². The molecular weight excluding hydrogens is 466 g/mol. The maximum absolute atomic E-state index is 13.5. The van der Waals surface area contributed by atoms with E-state index in [0.717, 1.165) is 16.5 Å². The van der Waals surface area contributed by atoms with Gasteiger partial charge < -0.3 is 10.1 Å². The van der Waals surface area contributed by atoms with Gasteiger partial charge in [0.15, 0.2) is 5.82 Å². The summed E-state index contributed by atoms with van der Waals surface area (Å²) >= 11 is 6.23. The first-order valence-corrected chi connectivity index (χ1v) is 10.9. The molecule has 1 amide bonds. The number of ether oxygens (including phenoxy) is 1. The third-order valence-electron chi connectivity index (χ3n) is 5.21. The zero-order valence-electron chi connectivity index (χ0n) is 19.0. The number of hydrogen-bond donors (Lipinski definition) is 1. The van der Waals surface area contributed by atoms with E-state index in [1.54, 1.807) is 60.0 Å². The predicted molar refractivity (Wildman–Crippen MR) is 123 cm³/mol. The number of nitrogens with zero attached hydrogens (tertiary/aromatic N) is 5. The fourth-order valence-corrected chi connectivity index (χ4v) is 3.94. The average molecular weight is 489 g/mol. The number of hydrogen-bond acceptors (Lipinski definition) is 5. The van der Waals surface area contributed by atoms with Gasteiger partial charge in [-0.15, -0.1) is 5.10 Å². The lowest BCUT2D eigenvalue weighted by molar-refractivity contribution is -0.144. The van der Waals surface area contributed by atoms with Crippen LogP contribution < -0.4 is 10.1 Å². The number of benzene rings is 2. The first kappa shape index (κ1) is 23.6. The Hall–Kier alpha value is -3.53. The van der Waals surface area contributed by atoms with Crippen LogP contribution in [0.25, 0.3) is 16.7 Å². The van der Waals surface area contributed by atoms with Crippen molar-refractivity contribution in [1.29, 1.82) is 0 Å². The summed E-state index contributed by atoms with van der Waals surface area (Å²) in [6.07, 6.45) is 2.62. The molecule has 0 saturated carbocycles. The molecule has 2 aromatic carbocycles. The highest BCUT2D eigenvalue weighted by atomic mass is 35.5. The van der Waals surface area contributed by atoms with E-state index in [1.165, 1.54) is 0 Å². The standard InChI is InChI=1S/C23H23ClF2N6O2/c1-13-7-15(9-17(24)8-13)21(14(2)28-22(33)23(3,25)26)34-18-5-6-19-16(10-18)11-27-32(19)20-12-31(4)30-29-20/h5-12,14,21H,1-4H3,(H,28,33)/t14-,21-/m0/s1. The third kappa shape index (κ3) is 5.01. The topological polar surface area (TPSA) is 86.9 Å². The second-order valence-electron chi connectivity index (χ2n) is 8.28. The molecule has 0 aliphatic carbocycles. The number of nitrogens with one attached hydrogen (secondary N) is 1. The highest BCUT2D eigenvalue weighted by molar-refractivity contribution is 6.30. The average Bonchev–Trinajstić information content (AvgIpc) is 3.35.